The molecule has 1 amide bonds. The van der Waals surface area contributed by atoms with Crippen molar-refractivity contribution in [2.45, 2.75) is 18.9 Å². The van der Waals surface area contributed by atoms with E-state index < -0.39 is 0 Å². The highest BCUT2D eigenvalue weighted by molar-refractivity contribution is 9.10. The van der Waals surface area contributed by atoms with Gasteiger partial charge in [0.15, 0.2) is 0 Å². The summed E-state index contributed by atoms with van der Waals surface area (Å²) in [6, 6.07) is 2.33. The number of nitrogens with one attached hydrogen (secondary N) is 1. The predicted octanol–water partition coefficient (Wildman–Crippen LogP) is 1.67. The van der Waals surface area contributed by atoms with E-state index in [2.05, 4.69) is 26.2 Å². The molecule has 1 N–H and O–H groups in total. The maximum absolute atomic E-state index is 12.4. The van der Waals surface area contributed by atoms with E-state index in [4.69, 9.17) is 0 Å². The highest BCUT2D eigenvalue weighted by Gasteiger charge is 2.36. The molecule has 96 valence electrons. The SMILES string of the molecule is O=C(c1cncc(Br)c1)N1CC2CCCNC2C1. The normalized spacial score (nSPS) is 27.1. The van der Waals surface area contributed by atoms with Gasteiger partial charge in [-0.2, -0.15) is 0 Å². The first-order valence-electron chi connectivity index (χ1n) is 6.37. The van der Waals surface area contributed by atoms with Gasteiger partial charge in [0, 0.05) is 36.0 Å². The second-order valence-corrected chi connectivity index (χ2v) is 5.98. The van der Waals surface area contributed by atoms with Crippen molar-refractivity contribution in [3.63, 3.8) is 0 Å². The summed E-state index contributed by atoms with van der Waals surface area (Å²) in [4.78, 5) is 18.4. The number of rotatable bonds is 1. The average Bonchev–Trinajstić information content (AvgIpc) is 2.81. The van der Waals surface area contributed by atoms with Crippen molar-refractivity contribution in [1.29, 1.82) is 0 Å². The van der Waals surface area contributed by atoms with E-state index in [0.717, 1.165) is 24.1 Å². The maximum Gasteiger partial charge on any atom is 0.255 e. The molecule has 2 atom stereocenters. The van der Waals surface area contributed by atoms with E-state index in [0.29, 0.717) is 17.5 Å². The van der Waals surface area contributed by atoms with Gasteiger partial charge in [-0.3, -0.25) is 9.78 Å². The molecule has 0 spiro atoms. The fourth-order valence-corrected chi connectivity index (χ4v) is 3.29. The number of fused-ring (bicyclic) bond motifs is 1. The van der Waals surface area contributed by atoms with Gasteiger partial charge in [-0.25, -0.2) is 0 Å². The van der Waals surface area contributed by atoms with Gasteiger partial charge in [0.25, 0.3) is 5.91 Å². The lowest BCUT2D eigenvalue weighted by atomic mass is 9.94. The number of pyridine rings is 1. The molecule has 1 aromatic rings. The number of likely N-dealkylation sites (tertiary alicyclic amines) is 1. The lowest BCUT2D eigenvalue weighted by Gasteiger charge is -2.24. The standard InChI is InChI=1S/C13H16BrN3O/c14-11-4-10(5-15-6-11)13(18)17-7-9-2-1-3-16-12(9)8-17/h4-6,9,12,16H,1-3,7-8H2. The number of halogens is 1. The number of carbonyl (C=O) groups is 1. The fourth-order valence-electron chi connectivity index (χ4n) is 2.92. The average molecular weight is 310 g/mol. The number of aromatic nitrogens is 1. The molecule has 0 aliphatic carbocycles. The van der Waals surface area contributed by atoms with Crippen LogP contribution in [0.2, 0.25) is 0 Å². The van der Waals surface area contributed by atoms with Crippen molar-refractivity contribution in [2.75, 3.05) is 19.6 Å². The van der Waals surface area contributed by atoms with Crippen molar-refractivity contribution < 1.29 is 4.79 Å². The Morgan fingerprint density at radius 3 is 3.11 bits per heavy atom. The second kappa shape index (κ2) is 4.97. The summed E-state index contributed by atoms with van der Waals surface area (Å²) in [7, 11) is 0. The van der Waals surface area contributed by atoms with Crippen molar-refractivity contribution in [2.24, 2.45) is 5.92 Å². The highest BCUT2D eigenvalue weighted by atomic mass is 79.9. The first-order chi connectivity index (χ1) is 8.74. The van der Waals surface area contributed by atoms with Gasteiger partial charge in [0.05, 0.1) is 5.56 Å². The van der Waals surface area contributed by atoms with E-state index in [1.165, 1.54) is 12.8 Å². The van der Waals surface area contributed by atoms with Crippen molar-refractivity contribution in [3.8, 4) is 0 Å². The summed E-state index contributed by atoms with van der Waals surface area (Å²) in [6.45, 7) is 2.79. The van der Waals surface area contributed by atoms with Gasteiger partial charge in [-0.15, -0.1) is 0 Å². The third-order valence-corrected chi connectivity index (χ3v) is 4.27. The lowest BCUT2D eigenvalue weighted by molar-refractivity contribution is 0.0785. The number of nitrogens with zero attached hydrogens (tertiary/aromatic N) is 2. The monoisotopic (exact) mass is 309 g/mol. The highest BCUT2D eigenvalue weighted by Crippen LogP contribution is 2.26. The topological polar surface area (TPSA) is 45.2 Å². The van der Waals surface area contributed by atoms with Crippen LogP contribution in [0.4, 0.5) is 0 Å². The number of piperidine rings is 1. The van der Waals surface area contributed by atoms with Crippen LogP contribution < -0.4 is 5.32 Å². The van der Waals surface area contributed by atoms with E-state index in [1.54, 1.807) is 12.4 Å². The zero-order valence-electron chi connectivity index (χ0n) is 10.1. The minimum Gasteiger partial charge on any atom is -0.337 e. The van der Waals surface area contributed by atoms with Crippen LogP contribution in [0.3, 0.4) is 0 Å². The molecule has 0 aromatic carbocycles. The predicted molar refractivity (Wildman–Crippen MR) is 72.4 cm³/mol. The molecule has 4 nitrogen and oxygen atoms in total. The summed E-state index contributed by atoms with van der Waals surface area (Å²) in [5, 5.41) is 3.51. The molecule has 18 heavy (non-hydrogen) atoms. The number of hydrogen-bond donors (Lipinski definition) is 1. The Morgan fingerprint density at radius 1 is 1.44 bits per heavy atom. The van der Waals surface area contributed by atoms with Crippen LogP contribution in [0.25, 0.3) is 0 Å². The number of amides is 1. The molecule has 3 rings (SSSR count). The van der Waals surface area contributed by atoms with Crippen LogP contribution >= 0.6 is 15.9 Å². The number of hydrogen-bond acceptors (Lipinski definition) is 3. The first-order valence-corrected chi connectivity index (χ1v) is 7.16. The molecular formula is C13H16BrN3O. The quantitative estimate of drug-likeness (QED) is 0.858. The van der Waals surface area contributed by atoms with Gasteiger partial charge in [0.2, 0.25) is 0 Å². The van der Waals surface area contributed by atoms with E-state index in [-0.39, 0.29) is 5.91 Å². The van der Waals surface area contributed by atoms with Gasteiger partial charge >= 0.3 is 0 Å². The third kappa shape index (κ3) is 2.29. The molecule has 2 fully saturated rings. The molecule has 2 aliphatic heterocycles. The van der Waals surface area contributed by atoms with Crippen LogP contribution in [0.5, 0.6) is 0 Å². The van der Waals surface area contributed by atoms with Crippen LogP contribution in [-0.2, 0) is 0 Å². The molecule has 2 saturated heterocycles. The Morgan fingerprint density at radius 2 is 2.33 bits per heavy atom. The van der Waals surface area contributed by atoms with Crippen LogP contribution in [0.1, 0.15) is 23.2 Å². The largest absolute Gasteiger partial charge is 0.337 e. The van der Waals surface area contributed by atoms with Crippen molar-refractivity contribution in [3.05, 3.63) is 28.5 Å². The van der Waals surface area contributed by atoms with Crippen molar-refractivity contribution in [1.82, 2.24) is 15.2 Å². The molecule has 3 heterocycles. The zero-order chi connectivity index (χ0) is 12.5. The minimum atomic E-state index is 0.0972. The second-order valence-electron chi connectivity index (χ2n) is 5.06. The van der Waals surface area contributed by atoms with Gasteiger partial charge in [0.1, 0.15) is 0 Å². The fraction of sp³-hybridized carbons (Fsp3) is 0.538. The van der Waals surface area contributed by atoms with Gasteiger partial charge < -0.3 is 10.2 Å². The molecule has 5 heteroatoms. The maximum atomic E-state index is 12.4. The smallest absolute Gasteiger partial charge is 0.255 e. The van der Waals surface area contributed by atoms with Gasteiger partial charge in [-0.1, -0.05) is 0 Å². The van der Waals surface area contributed by atoms with E-state index in [1.807, 2.05) is 11.0 Å². The Bertz CT molecular complexity index is 451. The molecule has 0 radical (unpaired) electrons. The lowest BCUT2D eigenvalue weighted by Crippen LogP contribution is -2.41. The Kier molecular flexibility index (Phi) is 3.35. The Labute approximate surface area is 115 Å². The van der Waals surface area contributed by atoms with Crippen LogP contribution in [-0.4, -0.2) is 41.5 Å². The van der Waals surface area contributed by atoms with E-state index >= 15 is 0 Å². The third-order valence-electron chi connectivity index (χ3n) is 3.84. The minimum absolute atomic E-state index is 0.0972. The summed E-state index contributed by atoms with van der Waals surface area (Å²) in [5.41, 5.74) is 0.669. The molecule has 1 aromatic heterocycles. The molecule has 0 bridgehead atoms. The van der Waals surface area contributed by atoms with Crippen molar-refractivity contribution >= 4 is 21.8 Å². The molecular weight excluding hydrogens is 294 g/mol. The van der Waals surface area contributed by atoms with Crippen LogP contribution in [0.15, 0.2) is 22.9 Å². The molecule has 2 unspecified atom stereocenters. The first kappa shape index (κ1) is 12.1. The molecule has 0 saturated carbocycles. The molecule has 2 aliphatic rings. The zero-order valence-corrected chi connectivity index (χ0v) is 11.7. The van der Waals surface area contributed by atoms with Crippen LogP contribution in [0, 0.1) is 5.92 Å². The van der Waals surface area contributed by atoms with E-state index in [9.17, 15) is 4.79 Å². The number of carbonyl (C=O) groups excluding carboxylic acids is 1. The Balaban J connectivity index is 1.74. The summed E-state index contributed by atoms with van der Waals surface area (Å²) >= 11 is 3.35. The summed E-state index contributed by atoms with van der Waals surface area (Å²) < 4.78 is 0.850. The summed E-state index contributed by atoms with van der Waals surface area (Å²) in [6.07, 6.45) is 5.80. The van der Waals surface area contributed by atoms with Gasteiger partial charge in [-0.05, 0) is 47.3 Å². The summed E-state index contributed by atoms with van der Waals surface area (Å²) in [5.74, 6) is 0.725. The Hall–Kier alpha value is -0.940.